The average molecular weight is 266 g/mol. The lowest BCUT2D eigenvalue weighted by Crippen LogP contribution is -2.47. The van der Waals surface area contributed by atoms with E-state index in [1.54, 1.807) is 0 Å². The highest BCUT2D eigenvalue weighted by molar-refractivity contribution is 5.81. The molecule has 3 rings (SSSR count). The van der Waals surface area contributed by atoms with E-state index in [2.05, 4.69) is 0 Å². The van der Waals surface area contributed by atoms with Crippen molar-refractivity contribution in [1.82, 2.24) is 9.80 Å². The molecule has 3 aliphatic rings. The number of amides is 2. The van der Waals surface area contributed by atoms with Gasteiger partial charge in [0.25, 0.3) is 0 Å². The number of hydrogen-bond donors (Lipinski definition) is 1. The van der Waals surface area contributed by atoms with E-state index in [4.69, 9.17) is 5.11 Å². The number of nitrogens with zero attached hydrogens (tertiary/aromatic N) is 2. The molecular formula is C14H22N2O3. The van der Waals surface area contributed by atoms with Gasteiger partial charge in [-0.2, -0.15) is 0 Å². The summed E-state index contributed by atoms with van der Waals surface area (Å²) in [4.78, 5) is 27.8. The van der Waals surface area contributed by atoms with Crippen molar-refractivity contribution in [2.75, 3.05) is 26.2 Å². The maximum Gasteiger partial charge on any atom is 0.225 e. The highest BCUT2D eigenvalue weighted by Gasteiger charge is 2.38. The third-order valence-corrected chi connectivity index (χ3v) is 4.64. The smallest absolute Gasteiger partial charge is 0.225 e. The zero-order chi connectivity index (χ0) is 13.4. The lowest BCUT2D eigenvalue weighted by molar-refractivity contribution is -0.135. The summed E-state index contributed by atoms with van der Waals surface area (Å²) in [6.07, 6.45) is 4.38. The van der Waals surface area contributed by atoms with Crippen LogP contribution in [0.25, 0.3) is 0 Å². The molecule has 1 N–H and O–H groups in total. The molecule has 1 aliphatic carbocycles. The van der Waals surface area contributed by atoms with Gasteiger partial charge >= 0.3 is 0 Å². The van der Waals surface area contributed by atoms with E-state index in [0.717, 1.165) is 38.8 Å². The molecule has 1 unspecified atom stereocenters. The van der Waals surface area contributed by atoms with Gasteiger partial charge in [0.05, 0.1) is 0 Å². The molecule has 2 amide bonds. The Balaban J connectivity index is 1.52. The molecule has 0 bridgehead atoms. The standard InChI is InChI=1S/C14H22N2O3/c17-9-10-7-13(18)16(8-10)12-3-5-15(6-4-12)14(19)11-1-2-11/h10-12,17H,1-9H2. The van der Waals surface area contributed by atoms with Crippen molar-refractivity contribution in [1.29, 1.82) is 0 Å². The molecule has 1 atom stereocenters. The van der Waals surface area contributed by atoms with E-state index < -0.39 is 0 Å². The monoisotopic (exact) mass is 266 g/mol. The predicted octanol–water partition coefficient (Wildman–Crippen LogP) is 0.228. The van der Waals surface area contributed by atoms with Crippen LogP contribution in [0.1, 0.15) is 32.1 Å². The number of aliphatic hydroxyl groups is 1. The molecule has 2 saturated heterocycles. The molecule has 2 heterocycles. The molecule has 0 spiro atoms. The second-order valence-electron chi connectivity index (χ2n) is 6.13. The van der Waals surface area contributed by atoms with E-state index in [-0.39, 0.29) is 24.5 Å². The van der Waals surface area contributed by atoms with Gasteiger partial charge in [0.15, 0.2) is 0 Å². The molecule has 2 aliphatic heterocycles. The van der Waals surface area contributed by atoms with Gasteiger partial charge in [0.1, 0.15) is 0 Å². The molecule has 0 aromatic rings. The van der Waals surface area contributed by atoms with Crippen molar-refractivity contribution >= 4 is 11.8 Å². The summed E-state index contributed by atoms with van der Waals surface area (Å²) < 4.78 is 0. The van der Waals surface area contributed by atoms with Crippen molar-refractivity contribution in [3.8, 4) is 0 Å². The lowest BCUT2D eigenvalue weighted by atomic mass is 10.0. The maximum atomic E-state index is 12.0. The molecule has 106 valence electrons. The first-order valence-corrected chi connectivity index (χ1v) is 7.38. The topological polar surface area (TPSA) is 60.9 Å². The Labute approximate surface area is 113 Å². The highest BCUT2D eigenvalue weighted by atomic mass is 16.3. The van der Waals surface area contributed by atoms with Crippen LogP contribution in [0.5, 0.6) is 0 Å². The molecule has 0 aromatic heterocycles. The Morgan fingerprint density at radius 3 is 2.42 bits per heavy atom. The second-order valence-corrected chi connectivity index (χ2v) is 6.13. The normalized spacial score (nSPS) is 29.1. The fraction of sp³-hybridized carbons (Fsp3) is 0.857. The Bertz CT molecular complexity index is 373. The van der Waals surface area contributed by atoms with Crippen LogP contribution >= 0.6 is 0 Å². The average Bonchev–Trinajstić information content (AvgIpc) is 3.21. The minimum atomic E-state index is 0.0985. The largest absolute Gasteiger partial charge is 0.396 e. The first-order valence-electron chi connectivity index (χ1n) is 7.38. The van der Waals surface area contributed by atoms with E-state index in [9.17, 15) is 9.59 Å². The molecule has 3 fully saturated rings. The van der Waals surface area contributed by atoms with Crippen LogP contribution in [0.4, 0.5) is 0 Å². The van der Waals surface area contributed by atoms with Gasteiger partial charge < -0.3 is 14.9 Å². The van der Waals surface area contributed by atoms with E-state index in [0.29, 0.717) is 24.8 Å². The molecule has 1 saturated carbocycles. The Morgan fingerprint density at radius 1 is 1.21 bits per heavy atom. The van der Waals surface area contributed by atoms with Gasteiger partial charge in [-0.15, -0.1) is 0 Å². The first-order chi connectivity index (χ1) is 9.19. The minimum absolute atomic E-state index is 0.0985. The summed E-state index contributed by atoms with van der Waals surface area (Å²) in [6.45, 7) is 2.36. The zero-order valence-corrected chi connectivity index (χ0v) is 11.3. The summed E-state index contributed by atoms with van der Waals surface area (Å²) in [5, 5.41) is 9.15. The molecule has 19 heavy (non-hydrogen) atoms. The minimum Gasteiger partial charge on any atom is -0.396 e. The number of piperidine rings is 1. The summed E-state index contributed by atoms with van der Waals surface area (Å²) in [5.41, 5.74) is 0. The van der Waals surface area contributed by atoms with Crippen LogP contribution in [0.3, 0.4) is 0 Å². The van der Waals surface area contributed by atoms with Crippen molar-refractivity contribution < 1.29 is 14.7 Å². The van der Waals surface area contributed by atoms with Crippen molar-refractivity contribution in [3.63, 3.8) is 0 Å². The first kappa shape index (κ1) is 12.9. The summed E-state index contributed by atoms with van der Waals surface area (Å²) in [6, 6.07) is 0.271. The third-order valence-electron chi connectivity index (χ3n) is 4.64. The fourth-order valence-corrected chi connectivity index (χ4v) is 3.27. The highest BCUT2D eigenvalue weighted by Crippen LogP contribution is 2.33. The Kier molecular flexibility index (Phi) is 3.48. The summed E-state index contributed by atoms with van der Waals surface area (Å²) in [5.74, 6) is 0.896. The lowest BCUT2D eigenvalue weighted by Gasteiger charge is -2.37. The van der Waals surface area contributed by atoms with Crippen molar-refractivity contribution in [3.05, 3.63) is 0 Å². The molecule has 5 heteroatoms. The van der Waals surface area contributed by atoms with E-state index in [1.807, 2.05) is 9.80 Å². The molecular weight excluding hydrogens is 244 g/mol. The predicted molar refractivity (Wildman–Crippen MR) is 69.2 cm³/mol. The van der Waals surface area contributed by atoms with Crippen molar-refractivity contribution in [2.24, 2.45) is 11.8 Å². The van der Waals surface area contributed by atoms with Crippen LogP contribution < -0.4 is 0 Å². The van der Waals surface area contributed by atoms with Gasteiger partial charge in [-0.25, -0.2) is 0 Å². The summed E-state index contributed by atoms with van der Waals surface area (Å²) in [7, 11) is 0. The third kappa shape index (κ3) is 2.61. The van der Waals surface area contributed by atoms with Gasteiger partial charge in [-0.1, -0.05) is 0 Å². The number of carbonyl (C=O) groups is 2. The number of rotatable bonds is 3. The molecule has 5 nitrogen and oxygen atoms in total. The van der Waals surface area contributed by atoms with Gasteiger partial charge in [-0.05, 0) is 25.7 Å². The van der Waals surface area contributed by atoms with Gasteiger partial charge in [0, 0.05) is 50.5 Å². The van der Waals surface area contributed by atoms with Crippen molar-refractivity contribution in [2.45, 2.75) is 38.1 Å². The number of likely N-dealkylation sites (tertiary alicyclic amines) is 2. The van der Waals surface area contributed by atoms with Crippen LogP contribution in [-0.4, -0.2) is 59.0 Å². The Hall–Kier alpha value is -1.10. The quantitative estimate of drug-likeness (QED) is 0.795. The number of hydrogen-bond acceptors (Lipinski definition) is 3. The maximum absolute atomic E-state index is 12.0. The van der Waals surface area contributed by atoms with Gasteiger partial charge in [-0.3, -0.25) is 9.59 Å². The fourth-order valence-electron chi connectivity index (χ4n) is 3.27. The Morgan fingerprint density at radius 2 is 1.89 bits per heavy atom. The number of aliphatic hydroxyl groups excluding tert-OH is 1. The SMILES string of the molecule is O=C(C1CC1)N1CCC(N2CC(CO)CC2=O)CC1. The van der Waals surface area contributed by atoms with Crippen LogP contribution in [-0.2, 0) is 9.59 Å². The second kappa shape index (κ2) is 5.12. The van der Waals surface area contributed by atoms with Crippen LogP contribution in [0.15, 0.2) is 0 Å². The van der Waals surface area contributed by atoms with Gasteiger partial charge in [0.2, 0.25) is 11.8 Å². The molecule has 0 radical (unpaired) electrons. The zero-order valence-electron chi connectivity index (χ0n) is 11.3. The van der Waals surface area contributed by atoms with Crippen LogP contribution in [0, 0.1) is 11.8 Å². The van der Waals surface area contributed by atoms with E-state index in [1.165, 1.54) is 0 Å². The molecule has 0 aromatic carbocycles. The number of carbonyl (C=O) groups excluding carboxylic acids is 2. The summed E-state index contributed by atoms with van der Waals surface area (Å²) >= 11 is 0. The van der Waals surface area contributed by atoms with E-state index >= 15 is 0 Å². The van der Waals surface area contributed by atoms with Crippen LogP contribution in [0.2, 0.25) is 0 Å².